The van der Waals surface area contributed by atoms with E-state index < -0.39 is 24.3 Å². The average Bonchev–Trinajstić information content (AvgIpc) is 3.02. The van der Waals surface area contributed by atoms with Gasteiger partial charge in [-0.3, -0.25) is 14.5 Å². The van der Waals surface area contributed by atoms with Crippen LogP contribution in [0.4, 0.5) is 10.5 Å². The zero-order valence-corrected chi connectivity index (χ0v) is 16.0. The number of likely N-dealkylation sites (tertiary alicyclic amines) is 1. The topological polar surface area (TPSA) is 104 Å². The fraction of sp³-hybridized carbons (Fsp3) is 0.500. The van der Waals surface area contributed by atoms with Gasteiger partial charge in [0.15, 0.2) is 0 Å². The molecule has 1 saturated carbocycles. The summed E-state index contributed by atoms with van der Waals surface area (Å²) in [6.07, 6.45) is -0.868. The monoisotopic (exact) mass is 398 g/mol. The van der Waals surface area contributed by atoms with Gasteiger partial charge in [-0.25, -0.2) is 11.4 Å². The number of aliphatic hydroxyl groups excluding tert-OH is 1. The number of carbonyl (C=O) groups excluding carboxylic acids is 3. The number of hydrogen-bond donors (Lipinski definition) is 2. The summed E-state index contributed by atoms with van der Waals surface area (Å²) >= 11 is 0. The molecule has 152 valence electrons. The third-order valence-electron chi connectivity index (χ3n) is 6.11. The van der Waals surface area contributed by atoms with Crippen molar-refractivity contribution in [3.8, 4) is 0 Å². The Labute approximate surface area is 168 Å². The minimum Gasteiger partial charge on any atom is -0.442 e. The number of ether oxygens (including phenoxy) is 1. The number of cyclic esters (lactones) is 1. The van der Waals surface area contributed by atoms with Crippen LogP contribution in [0.2, 0.25) is 0 Å². The molecule has 2 saturated heterocycles. The number of piperidine rings is 1. The molecule has 1 aromatic rings. The molecule has 0 radical (unpaired) electrons. The summed E-state index contributed by atoms with van der Waals surface area (Å²) in [5, 5.41) is 11.7. The third kappa shape index (κ3) is 3.09. The van der Waals surface area contributed by atoms with Gasteiger partial charge in [0.1, 0.15) is 12.7 Å². The van der Waals surface area contributed by atoms with E-state index in [4.69, 9.17) is 16.4 Å². The molecule has 0 bridgehead atoms. The first-order chi connectivity index (χ1) is 13.9. The second-order valence-electron chi connectivity index (χ2n) is 7.71. The number of fused-ring (bicyclic) bond motifs is 1. The lowest BCUT2D eigenvalue weighted by Gasteiger charge is -2.21. The van der Waals surface area contributed by atoms with E-state index in [1.807, 2.05) is 12.1 Å². The van der Waals surface area contributed by atoms with Crippen LogP contribution in [0.25, 0.3) is 4.85 Å². The van der Waals surface area contributed by atoms with E-state index in [2.05, 4.69) is 10.2 Å². The average molecular weight is 398 g/mol. The number of carbonyl (C=O) groups is 3. The van der Waals surface area contributed by atoms with Crippen LogP contribution < -0.4 is 10.2 Å². The van der Waals surface area contributed by atoms with Crippen LogP contribution in [0.5, 0.6) is 0 Å². The highest BCUT2D eigenvalue weighted by molar-refractivity contribution is 5.90. The molecular weight excluding hydrogens is 376 g/mol. The quantitative estimate of drug-likeness (QED) is 0.697. The van der Waals surface area contributed by atoms with Crippen molar-refractivity contribution in [3.05, 3.63) is 41.2 Å². The maximum atomic E-state index is 12.2. The molecule has 2 heterocycles. The Hall–Kier alpha value is -3.12. The van der Waals surface area contributed by atoms with Crippen molar-refractivity contribution in [2.75, 3.05) is 37.7 Å². The standard InChI is InChI=1S/C20H22N4O5/c1-12(26)22-7-15-8-24(19(28)29-15)14-5-3-13(4-6-14)20(21-2)16-9-23(10-17(16)20)18(27)11-25/h3-6,15-17,25H,7-11H2,1H3,(H,22,26)/t15-,16-,17+,20?/m0/s1. The lowest BCUT2D eigenvalue weighted by atomic mass is 9.99. The van der Waals surface area contributed by atoms with E-state index in [-0.39, 0.29) is 30.2 Å². The summed E-state index contributed by atoms with van der Waals surface area (Å²) in [6.45, 7) is 10.2. The molecule has 1 unspecified atom stereocenters. The molecule has 3 aliphatic rings. The molecule has 4 atom stereocenters. The molecule has 3 amide bonds. The maximum Gasteiger partial charge on any atom is 0.414 e. The van der Waals surface area contributed by atoms with E-state index >= 15 is 0 Å². The molecule has 4 rings (SSSR count). The summed E-state index contributed by atoms with van der Waals surface area (Å²) in [4.78, 5) is 41.9. The van der Waals surface area contributed by atoms with Crippen molar-refractivity contribution >= 4 is 23.6 Å². The van der Waals surface area contributed by atoms with E-state index in [1.54, 1.807) is 17.0 Å². The predicted octanol–water partition coefficient (Wildman–Crippen LogP) is 0.343. The number of amides is 3. The molecule has 2 N–H and O–H groups in total. The number of aliphatic hydroxyl groups is 1. The highest BCUT2D eigenvalue weighted by Gasteiger charge is 2.77. The lowest BCUT2D eigenvalue weighted by molar-refractivity contribution is -0.133. The number of nitrogens with one attached hydrogen (secondary N) is 1. The Morgan fingerprint density at radius 2 is 1.93 bits per heavy atom. The molecular formula is C20H22N4O5. The van der Waals surface area contributed by atoms with Crippen LogP contribution in [-0.2, 0) is 19.9 Å². The Balaban J connectivity index is 1.44. The highest BCUT2D eigenvalue weighted by atomic mass is 16.6. The summed E-state index contributed by atoms with van der Waals surface area (Å²) in [6, 6.07) is 7.32. The van der Waals surface area contributed by atoms with Gasteiger partial charge in [0.25, 0.3) is 5.54 Å². The first-order valence-electron chi connectivity index (χ1n) is 9.51. The SMILES string of the molecule is [C-]#[N+]C1(c2ccc(N3C[C@H](CNC(C)=O)OC3=O)cc2)[C@@H]2CN(C(=O)CO)C[C@@H]21. The third-order valence-corrected chi connectivity index (χ3v) is 6.11. The number of benzene rings is 1. The number of rotatable bonds is 5. The zero-order valence-electron chi connectivity index (χ0n) is 16.0. The van der Waals surface area contributed by atoms with Gasteiger partial charge in [-0.15, -0.1) is 0 Å². The summed E-state index contributed by atoms with van der Waals surface area (Å²) in [7, 11) is 0. The van der Waals surface area contributed by atoms with Gasteiger partial charge in [0.2, 0.25) is 11.8 Å². The summed E-state index contributed by atoms with van der Waals surface area (Å²) in [5.74, 6) is -0.337. The van der Waals surface area contributed by atoms with Crippen LogP contribution in [0, 0.1) is 18.4 Å². The number of nitrogens with zero attached hydrogens (tertiary/aromatic N) is 3. The fourth-order valence-electron chi connectivity index (χ4n) is 4.57. The van der Waals surface area contributed by atoms with Crippen LogP contribution in [0.3, 0.4) is 0 Å². The molecule has 1 aromatic carbocycles. The highest BCUT2D eigenvalue weighted by Crippen LogP contribution is 2.64. The number of hydrogen-bond acceptors (Lipinski definition) is 5. The van der Waals surface area contributed by atoms with Gasteiger partial charge in [-0.1, -0.05) is 0 Å². The van der Waals surface area contributed by atoms with Crippen molar-refractivity contribution in [1.29, 1.82) is 0 Å². The van der Waals surface area contributed by atoms with Crippen LogP contribution in [0.15, 0.2) is 24.3 Å². The second kappa shape index (κ2) is 7.04. The minimum absolute atomic E-state index is 0.0696. The van der Waals surface area contributed by atoms with Crippen molar-refractivity contribution < 1.29 is 24.2 Å². The van der Waals surface area contributed by atoms with Crippen LogP contribution >= 0.6 is 0 Å². The smallest absolute Gasteiger partial charge is 0.414 e. The Bertz CT molecular complexity index is 881. The van der Waals surface area contributed by atoms with Crippen LogP contribution in [0.1, 0.15) is 12.5 Å². The molecule has 2 aliphatic heterocycles. The van der Waals surface area contributed by atoms with Crippen molar-refractivity contribution in [3.63, 3.8) is 0 Å². The molecule has 29 heavy (non-hydrogen) atoms. The normalized spacial score (nSPS) is 29.8. The Morgan fingerprint density at radius 3 is 2.48 bits per heavy atom. The molecule has 1 aliphatic carbocycles. The molecule has 9 nitrogen and oxygen atoms in total. The van der Waals surface area contributed by atoms with Crippen LogP contribution in [-0.4, -0.2) is 66.8 Å². The summed E-state index contributed by atoms with van der Waals surface area (Å²) < 4.78 is 5.28. The second-order valence-corrected chi connectivity index (χ2v) is 7.71. The zero-order chi connectivity index (χ0) is 20.8. The van der Waals surface area contributed by atoms with Gasteiger partial charge in [-0.2, -0.15) is 0 Å². The largest absolute Gasteiger partial charge is 0.442 e. The van der Waals surface area contributed by atoms with Gasteiger partial charge in [-0.05, 0) is 24.3 Å². The van der Waals surface area contributed by atoms with E-state index in [0.717, 1.165) is 5.56 Å². The van der Waals surface area contributed by atoms with Crippen molar-refractivity contribution in [2.45, 2.75) is 18.6 Å². The lowest BCUT2D eigenvalue weighted by Crippen LogP contribution is -2.36. The Kier molecular flexibility index (Phi) is 4.67. The van der Waals surface area contributed by atoms with Gasteiger partial charge in [0.05, 0.1) is 24.9 Å². The van der Waals surface area contributed by atoms with Crippen molar-refractivity contribution in [2.24, 2.45) is 11.8 Å². The van der Waals surface area contributed by atoms with Crippen molar-refractivity contribution in [1.82, 2.24) is 10.2 Å². The minimum atomic E-state index is -0.635. The first-order valence-corrected chi connectivity index (χ1v) is 9.51. The fourth-order valence-corrected chi connectivity index (χ4v) is 4.57. The first kappa shape index (κ1) is 19.2. The van der Waals surface area contributed by atoms with Gasteiger partial charge < -0.3 is 24.9 Å². The van der Waals surface area contributed by atoms with E-state index in [9.17, 15) is 14.4 Å². The maximum absolute atomic E-state index is 12.2. The van der Waals surface area contributed by atoms with E-state index in [0.29, 0.717) is 25.3 Å². The van der Waals surface area contributed by atoms with Gasteiger partial charge >= 0.3 is 6.09 Å². The molecule has 0 aromatic heterocycles. The summed E-state index contributed by atoms with van der Waals surface area (Å²) in [5.41, 5.74) is 0.918. The number of anilines is 1. The Morgan fingerprint density at radius 1 is 1.28 bits per heavy atom. The van der Waals surface area contributed by atoms with Gasteiger partial charge in [0, 0.05) is 31.3 Å². The van der Waals surface area contributed by atoms with E-state index in [1.165, 1.54) is 11.8 Å². The molecule has 3 fully saturated rings. The predicted molar refractivity (Wildman–Crippen MR) is 102 cm³/mol. The molecule has 0 spiro atoms. The molecule has 9 heteroatoms.